The highest BCUT2D eigenvalue weighted by Crippen LogP contribution is 2.32. The molecule has 1 unspecified atom stereocenters. The minimum Gasteiger partial charge on any atom is -0.355 e. The van der Waals surface area contributed by atoms with E-state index in [1.165, 1.54) is 70.6 Å². The highest BCUT2D eigenvalue weighted by atomic mass is 16.7. The molecule has 2 aliphatic rings. The molecule has 0 aromatic rings. The first-order valence-electron chi connectivity index (χ1n) is 9.49. The second-order valence-corrected chi connectivity index (χ2v) is 7.41. The van der Waals surface area contributed by atoms with Gasteiger partial charge in [-0.2, -0.15) is 0 Å². The summed E-state index contributed by atoms with van der Waals surface area (Å²) < 4.78 is 11.6. The molecule has 0 aromatic carbocycles. The highest BCUT2D eigenvalue weighted by molar-refractivity contribution is 4.75. The predicted molar refractivity (Wildman–Crippen MR) is 88.3 cm³/mol. The summed E-state index contributed by atoms with van der Waals surface area (Å²) in [7, 11) is 0. The fourth-order valence-electron chi connectivity index (χ4n) is 4.09. The van der Waals surface area contributed by atoms with Crippen LogP contribution >= 0.6 is 0 Å². The van der Waals surface area contributed by atoms with Crippen LogP contribution in [0.25, 0.3) is 0 Å². The van der Waals surface area contributed by atoms with Gasteiger partial charge in [0.05, 0.1) is 6.10 Å². The van der Waals surface area contributed by atoms with Gasteiger partial charge in [0.25, 0.3) is 0 Å². The Labute approximate surface area is 132 Å². The number of rotatable bonds is 8. The van der Waals surface area contributed by atoms with Crippen molar-refractivity contribution in [3.8, 4) is 0 Å². The molecule has 0 spiro atoms. The summed E-state index contributed by atoms with van der Waals surface area (Å²) in [4.78, 5) is 0. The van der Waals surface area contributed by atoms with Crippen molar-refractivity contribution in [1.82, 2.24) is 0 Å². The van der Waals surface area contributed by atoms with Crippen molar-refractivity contribution in [3.05, 3.63) is 0 Å². The minimum atomic E-state index is 0.458. The molecule has 0 bridgehead atoms. The zero-order chi connectivity index (χ0) is 14.9. The van der Waals surface area contributed by atoms with E-state index in [2.05, 4.69) is 13.8 Å². The molecule has 2 saturated carbocycles. The van der Waals surface area contributed by atoms with Crippen LogP contribution < -0.4 is 0 Å². The summed E-state index contributed by atoms with van der Waals surface area (Å²) in [6, 6.07) is 0. The zero-order valence-corrected chi connectivity index (χ0v) is 14.3. The molecule has 0 N–H and O–H groups in total. The summed E-state index contributed by atoms with van der Waals surface area (Å²) in [5.41, 5.74) is 0. The molecule has 124 valence electrons. The third-order valence-corrected chi connectivity index (χ3v) is 5.95. The maximum absolute atomic E-state index is 5.91. The monoisotopic (exact) mass is 296 g/mol. The van der Waals surface area contributed by atoms with Gasteiger partial charge in [0.2, 0.25) is 0 Å². The quantitative estimate of drug-likeness (QED) is 0.432. The van der Waals surface area contributed by atoms with Crippen LogP contribution in [0.2, 0.25) is 0 Å². The molecule has 2 rings (SSSR count). The molecular weight excluding hydrogens is 260 g/mol. The number of hydrogen-bond acceptors (Lipinski definition) is 2. The van der Waals surface area contributed by atoms with Gasteiger partial charge in [-0.25, -0.2) is 0 Å². The van der Waals surface area contributed by atoms with Crippen molar-refractivity contribution in [2.45, 2.75) is 90.6 Å². The first-order valence-corrected chi connectivity index (χ1v) is 9.49. The van der Waals surface area contributed by atoms with Crippen LogP contribution in [0.5, 0.6) is 0 Å². The largest absolute Gasteiger partial charge is 0.355 e. The predicted octanol–water partition coefficient (Wildman–Crippen LogP) is 5.55. The lowest BCUT2D eigenvalue weighted by atomic mass is 9.79. The Morgan fingerprint density at radius 1 is 0.952 bits per heavy atom. The smallest absolute Gasteiger partial charge is 0.147 e. The van der Waals surface area contributed by atoms with E-state index in [4.69, 9.17) is 9.47 Å². The van der Waals surface area contributed by atoms with Crippen molar-refractivity contribution in [2.24, 2.45) is 17.8 Å². The molecule has 0 aliphatic heterocycles. The van der Waals surface area contributed by atoms with Crippen molar-refractivity contribution in [2.75, 3.05) is 13.4 Å². The second kappa shape index (κ2) is 9.84. The van der Waals surface area contributed by atoms with Crippen molar-refractivity contribution >= 4 is 0 Å². The minimum absolute atomic E-state index is 0.458. The third-order valence-electron chi connectivity index (χ3n) is 5.95. The average molecular weight is 296 g/mol. The van der Waals surface area contributed by atoms with Gasteiger partial charge in [0.1, 0.15) is 6.79 Å². The molecule has 2 heteroatoms. The van der Waals surface area contributed by atoms with Gasteiger partial charge < -0.3 is 9.47 Å². The Kier molecular flexibility index (Phi) is 8.10. The highest BCUT2D eigenvalue weighted by Gasteiger charge is 2.24. The Morgan fingerprint density at radius 2 is 1.67 bits per heavy atom. The lowest BCUT2D eigenvalue weighted by Crippen LogP contribution is -2.25. The van der Waals surface area contributed by atoms with Gasteiger partial charge in [0.15, 0.2) is 0 Å². The zero-order valence-electron chi connectivity index (χ0n) is 14.3. The van der Waals surface area contributed by atoms with E-state index in [1.807, 2.05) is 0 Å². The second-order valence-electron chi connectivity index (χ2n) is 7.41. The van der Waals surface area contributed by atoms with Crippen molar-refractivity contribution in [3.63, 3.8) is 0 Å². The van der Waals surface area contributed by atoms with Gasteiger partial charge >= 0.3 is 0 Å². The standard InChI is InChI=1S/C19H36O2/c1-3-16(2)18-9-11-19(12-10-18)21-15-20-14-13-17-7-5-4-6-8-17/h16-19H,3-15H2,1-2H3. The molecule has 0 radical (unpaired) electrons. The summed E-state index contributed by atoms with van der Waals surface area (Å²) in [5.74, 6) is 2.74. The van der Waals surface area contributed by atoms with Crippen molar-refractivity contribution < 1.29 is 9.47 Å². The van der Waals surface area contributed by atoms with Gasteiger partial charge in [-0.15, -0.1) is 0 Å². The first-order chi connectivity index (χ1) is 10.3. The van der Waals surface area contributed by atoms with E-state index in [9.17, 15) is 0 Å². The van der Waals surface area contributed by atoms with Crippen LogP contribution in [0.1, 0.15) is 84.5 Å². The lowest BCUT2D eigenvalue weighted by Gasteiger charge is -2.31. The van der Waals surface area contributed by atoms with E-state index in [0.29, 0.717) is 12.9 Å². The van der Waals surface area contributed by atoms with Gasteiger partial charge in [-0.05, 0) is 49.9 Å². The fraction of sp³-hybridized carbons (Fsp3) is 1.00. The van der Waals surface area contributed by atoms with Crippen LogP contribution in [-0.4, -0.2) is 19.5 Å². The lowest BCUT2D eigenvalue weighted by molar-refractivity contribution is -0.105. The molecule has 0 heterocycles. The summed E-state index contributed by atoms with van der Waals surface area (Å²) in [6.07, 6.45) is 15.3. The molecule has 0 amide bonds. The Balaban J connectivity index is 1.46. The van der Waals surface area contributed by atoms with Crippen LogP contribution in [0.15, 0.2) is 0 Å². The molecule has 2 aliphatic carbocycles. The molecule has 2 nitrogen and oxygen atoms in total. The summed E-state index contributed by atoms with van der Waals surface area (Å²) in [6.45, 7) is 6.13. The molecule has 2 fully saturated rings. The van der Waals surface area contributed by atoms with E-state index in [-0.39, 0.29) is 0 Å². The Bertz CT molecular complexity index is 252. The average Bonchev–Trinajstić information content (AvgIpc) is 2.55. The van der Waals surface area contributed by atoms with E-state index < -0.39 is 0 Å². The first kappa shape index (κ1) is 17.3. The molecule has 0 saturated heterocycles. The molecule has 0 aromatic heterocycles. The van der Waals surface area contributed by atoms with E-state index >= 15 is 0 Å². The molecular formula is C19H36O2. The fourth-order valence-corrected chi connectivity index (χ4v) is 4.09. The summed E-state index contributed by atoms with van der Waals surface area (Å²) in [5, 5.41) is 0. The molecule has 21 heavy (non-hydrogen) atoms. The van der Waals surface area contributed by atoms with E-state index in [0.717, 1.165) is 24.4 Å². The number of ether oxygens (including phenoxy) is 2. The summed E-state index contributed by atoms with van der Waals surface area (Å²) >= 11 is 0. The van der Waals surface area contributed by atoms with Crippen LogP contribution in [0.4, 0.5) is 0 Å². The van der Waals surface area contributed by atoms with Crippen LogP contribution in [0.3, 0.4) is 0 Å². The van der Waals surface area contributed by atoms with Gasteiger partial charge in [-0.3, -0.25) is 0 Å². The van der Waals surface area contributed by atoms with Crippen LogP contribution in [0, 0.1) is 17.8 Å². The van der Waals surface area contributed by atoms with Gasteiger partial charge in [-0.1, -0.05) is 52.4 Å². The normalized spacial score (nSPS) is 29.4. The van der Waals surface area contributed by atoms with Crippen LogP contribution in [-0.2, 0) is 9.47 Å². The topological polar surface area (TPSA) is 18.5 Å². The number of hydrogen-bond donors (Lipinski definition) is 0. The molecule has 1 atom stereocenters. The SMILES string of the molecule is CCC(C)C1CCC(OCOCCC2CCCCC2)CC1. The van der Waals surface area contributed by atoms with Gasteiger partial charge in [0, 0.05) is 6.61 Å². The third kappa shape index (κ3) is 6.28. The maximum atomic E-state index is 5.91. The Morgan fingerprint density at radius 3 is 2.33 bits per heavy atom. The van der Waals surface area contributed by atoms with E-state index in [1.54, 1.807) is 0 Å². The Hall–Kier alpha value is -0.0800. The maximum Gasteiger partial charge on any atom is 0.147 e. The van der Waals surface area contributed by atoms with Crippen molar-refractivity contribution in [1.29, 1.82) is 0 Å².